The van der Waals surface area contributed by atoms with Crippen molar-refractivity contribution in [1.29, 1.82) is 0 Å². The first-order chi connectivity index (χ1) is 9.56. The molecule has 1 aliphatic heterocycles. The van der Waals surface area contributed by atoms with Gasteiger partial charge in [0.2, 0.25) is 5.91 Å². The quantitative estimate of drug-likeness (QED) is 0.892. The molecule has 2 atom stereocenters. The standard InChI is InChI=1S/C15H20FNO3/c1-3-13(18)9-7-10-12(17-14(19)4-2)5-6-20-15(10)11(16)8-9/h7-8,12-13,18H,3-6H2,1-2H3,(H,17,19). The van der Waals surface area contributed by atoms with Gasteiger partial charge >= 0.3 is 0 Å². The van der Waals surface area contributed by atoms with E-state index in [4.69, 9.17) is 4.74 Å². The zero-order valence-corrected chi connectivity index (χ0v) is 11.8. The molecule has 1 heterocycles. The van der Waals surface area contributed by atoms with Crippen LogP contribution in [0, 0.1) is 5.82 Å². The number of ether oxygens (including phenoxy) is 1. The highest BCUT2D eigenvalue weighted by atomic mass is 19.1. The SMILES string of the molecule is CCC(=O)NC1CCOc2c(F)cc(C(O)CC)cc21. The van der Waals surface area contributed by atoms with Crippen LogP contribution < -0.4 is 10.1 Å². The van der Waals surface area contributed by atoms with Crippen LogP contribution >= 0.6 is 0 Å². The number of aliphatic hydroxyl groups is 1. The van der Waals surface area contributed by atoms with Crippen molar-refractivity contribution in [2.45, 2.75) is 45.3 Å². The monoisotopic (exact) mass is 281 g/mol. The molecule has 0 bridgehead atoms. The number of carbonyl (C=O) groups excluding carboxylic acids is 1. The smallest absolute Gasteiger partial charge is 0.220 e. The van der Waals surface area contributed by atoms with Gasteiger partial charge in [0.15, 0.2) is 11.6 Å². The summed E-state index contributed by atoms with van der Waals surface area (Å²) in [5.41, 5.74) is 1.13. The molecular weight excluding hydrogens is 261 g/mol. The zero-order valence-electron chi connectivity index (χ0n) is 11.8. The first-order valence-corrected chi connectivity index (χ1v) is 7.00. The van der Waals surface area contributed by atoms with Crippen molar-refractivity contribution in [2.75, 3.05) is 6.61 Å². The number of amides is 1. The van der Waals surface area contributed by atoms with Crippen molar-refractivity contribution in [3.63, 3.8) is 0 Å². The van der Waals surface area contributed by atoms with Crippen molar-refractivity contribution in [3.05, 3.63) is 29.1 Å². The van der Waals surface area contributed by atoms with Crippen LogP contribution in [-0.2, 0) is 4.79 Å². The van der Waals surface area contributed by atoms with Gasteiger partial charge in [-0.25, -0.2) is 4.39 Å². The lowest BCUT2D eigenvalue weighted by Crippen LogP contribution is -2.32. The van der Waals surface area contributed by atoms with Gasteiger partial charge in [0.25, 0.3) is 0 Å². The van der Waals surface area contributed by atoms with Gasteiger partial charge in [-0.05, 0) is 24.1 Å². The zero-order chi connectivity index (χ0) is 14.7. The molecule has 0 aromatic heterocycles. The van der Waals surface area contributed by atoms with Crippen molar-refractivity contribution < 1.29 is 19.0 Å². The number of benzene rings is 1. The van der Waals surface area contributed by atoms with Gasteiger partial charge in [0.05, 0.1) is 18.8 Å². The Labute approximate surface area is 117 Å². The third-order valence-corrected chi connectivity index (χ3v) is 3.55. The van der Waals surface area contributed by atoms with Gasteiger partial charge in [-0.3, -0.25) is 4.79 Å². The Hall–Kier alpha value is -1.62. The number of aliphatic hydroxyl groups excluding tert-OH is 1. The lowest BCUT2D eigenvalue weighted by atomic mass is 9.95. The summed E-state index contributed by atoms with van der Waals surface area (Å²) in [6, 6.07) is 2.77. The maximum absolute atomic E-state index is 14.1. The Morgan fingerprint density at radius 3 is 2.95 bits per heavy atom. The number of rotatable bonds is 4. The van der Waals surface area contributed by atoms with Crippen LogP contribution in [0.3, 0.4) is 0 Å². The van der Waals surface area contributed by atoms with E-state index in [2.05, 4.69) is 5.32 Å². The van der Waals surface area contributed by atoms with Gasteiger partial charge in [-0.2, -0.15) is 0 Å². The number of nitrogens with one attached hydrogen (secondary N) is 1. The molecule has 1 aromatic rings. The number of fused-ring (bicyclic) bond motifs is 1. The van der Waals surface area contributed by atoms with Crippen molar-refractivity contribution in [1.82, 2.24) is 5.32 Å². The van der Waals surface area contributed by atoms with Gasteiger partial charge in [0, 0.05) is 18.4 Å². The van der Waals surface area contributed by atoms with E-state index in [0.29, 0.717) is 37.0 Å². The van der Waals surface area contributed by atoms with Crippen LogP contribution in [-0.4, -0.2) is 17.6 Å². The average Bonchev–Trinajstić information content (AvgIpc) is 2.46. The van der Waals surface area contributed by atoms with Gasteiger partial charge in [-0.1, -0.05) is 13.8 Å². The molecule has 5 heteroatoms. The Morgan fingerprint density at radius 2 is 2.30 bits per heavy atom. The minimum Gasteiger partial charge on any atom is -0.490 e. The third kappa shape index (κ3) is 2.93. The highest BCUT2D eigenvalue weighted by molar-refractivity contribution is 5.76. The second-order valence-corrected chi connectivity index (χ2v) is 4.96. The fraction of sp³-hybridized carbons (Fsp3) is 0.533. The molecule has 0 spiro atoms. The van der Waals surface area contributed by atoms with Gasteiger partial charge in [0.1, 0.15) is 0 Å². The fourth-order valence-corrected chi connectivity index (χ4v) is 2.36. The molecule has 4 nitrogen and oxygen atoms in total. The van der Waals surface area contributed by atoms with Crippen molar-refractivity contribution in [2.24, 2.45) is 0 Å². The van der Waals surface area contributed by atoms with Crippen LogP contribution in [0.15, 0.2) is 12.1 Å². The van der Waals surface area contributed by atoms with E-state index in [1.54, 1.807) is 13.0 Å². The van der Waals surface area contributed by atoms with E-state index in [0.717, 1.165) is 0 Å². The van der Waals surface area contributed by atoms with E-state index in [1.165, 1.54) is 6.07 Å². The minimum absolute atomic E-state index is 0.0790. The fourth-order valence-electron chi connectivity index (χ4n) is 2.36. The van der Waals surface area contributed by atoms with Crippen LogP contribution in [0.5, 0.6) is 5.75 Å². The molecular formula is C15H20FNO3. The van der Waals surface area contributed by atoms with Crippen LogP contribution in [0.25, 0.3) is 0 Å². The van der Waals surface area contributed by atoms with E-state index in [1.807, 2.05) is 6.92 Å². The molecule has 0 aliphatic carbocycles. The molecule has 20 heavy (non-hydrogen) atoms. The first-order valence-electron chi connectivity index (χ1n) is 7.00. The average molecular weight is 281 g/mol. The molecule has 1 amide bonds. The molecule has 0 radical (unpaired) electrons. The molecule has 2 N–H and O–H groups in total. The molecule has 1 aliphatic rings. The topological polar surface area (TPSA) is 58.6 Å². The Balaban J connectivity index is 2.37. The number of halogens is 1. The van der Waals surface area contributed by atoms with E-state index < -0.39 is 11.9 Å². The third-order valence-electron chi connectivity index (χ3n) is 3.55. The van der Waals surface area contributed by atoms with Crippen molar-refractivity contribution >= 4 is 5.91 Å². The summed E-state index contributed by atoms with van der Waals surface area (Å²) in [4.78, 5) is 11.6. The summed E-state index contributed by atoms with van der Waals surface area (Å²) in [7, 11) is 0. The number of hydrogen-bond acceptors (Lipinski definition) is 3. The molecule has 2 rings (SSSR count). The summed E-state index contributed by atoms with van der Waals surface area (Å²) < 4.78 is 19.4. The molecule has 0 saturated heterocycles. The lowest BCUT2D eigenvalue weighted by Gasteiger charge is -2.28. The van der Waals surface area contributed by atoms with E-state index in [-0.39, 0.29) is 17.7 Å². The van der Waals surface area contributed by atoms with E-state index >= 15 is 0 Å². The maximum atomic E-state index is 14.1. The van der Waals surface area contributed by atoms with E-state index in [9.17, 15) is 14.3 Å². The van der Waals surface area contributed by atoms with Gasteiger partial charge in [-0.15, -0.1) is 0 Å². The summed E-state index contributed by atoms with van der Waals surface area (Å²) in [5.74, 6) is -0.380. The molecule has 2 unspecified atom stereocenters. The normalized spacial score (nSPS) is 18.9. The van der Waals surface area contributed by atoms with Crippen LogP contribution in [0.2, 0.25) is 0 Å². The Kier molecular flexibility index (Phi) is 4.60. The number of hydrogen-bond donors (Lipinski definition) is 2. The highest BCUT2D eigenvalue weighted by Crippen LogP contribution is 2.37. The molecule has 1 aromatic carbocycles. The van der Waals surface area contributed by atoms with Gasteiger partial charge < -0.3 is 15.2 Å². The first kappa shape index (κ1) is 14.8. The largest absolute Gasteiger partial charge is 0.490 e. The second kappa shape index (κ2) is 6.22. The maximum Gasteiger partial charge on any atom is 0.220 e. The predicted octanol–water partition coefficient (Wildman–Crippen LogP) is 2.62. The molecule has 0 fully saturated rings. The molecule has 0 saturated carbocycles. The van der Waals surface area contributed by atoms with Crippen LogP contribution in [0.4, 0.5) is 4.39 Å². The lowest BCUT2D eigenvalue weighted by molar-refractivity contribution is -0.121. The second-order valence-electron chi connectivity index (χ2n) is 4.96. The molecule has 110 valence electrons. The summed E-state index contributed by atoms with van der Waals surface area (Å²) >= 11 is 0. The number of carbonyl (C=O) groups is 1. The summed E-state index contributed by atoms with van der Waals surface area (Å²) in [6.07, 6.45) is 0.778. The Morgan fingerprint density at radius 1 is 1.55 bits per heavy atom. The highest BCUT2D eigenvalue weighted by Gasteiger charge is 2.27. The summed E-state index contributed by atoms with van der Waals surface area (Å²) in [6.45, 7) is 3.97. The van der Waals surface area contributed by atoms with Crippen LogP contribution in [0.1, 0.15) is 56.4 Å². The Bertz CT molecular complexity index is 504. The minimum atomic E-state index is -0.709. The predicted molar refractivity (Wildman–Crippen MR) is 72.9 cm³/mol. The van der Waals surface area contributed by atoms with Crippen molar-refractivity contribution in [3.8, 4) is 5.75 Å². The summed E-state index contributed by atoms with van der Waals surface area (Å²) in [5, 5.41) is 12.7.